The predicted octanol–water partition coefficient (Wildman–Crippen LogP) is 4.19. The lowest BCUT2D eigenvalue weighted by atomic mass is 9.81. The van der Waals surface area contributed by atoms with Gasteiger partial charge in [-0.3, -0.25) is 0 Å². The van der Waals surface area contributed by atoms with Crippen molar-refractivity contribution in [3.63, 3.8) is 0 Å². The summed E-state index contributed by atoms with van der Waals surface area (Å²) >= 11 is 0. The van der Waals surface area contributed by atoms with Gasteiger partial charge in [-0.2, -0.15) is 0 Å². The van der Waals surface area contributed by atoms with Gasteiger partial charge in [-0.05, 0) is 47.6 Å². The summed E-state index contributed by atoms with van der Waals surface area (Å²) in [6.07, 6.45) is 13.8. The van der Waals surface area contributed by atoms with Crippen LogP contribution in [0.5, 0.6) is 5.75 Å². The lowest BCUT2D eigenvalue weighted by Gasteiger charge is -2.30. The molecule has 0 saturated heterocycles. The largest absolute Gasteiger partial charge is 1.00 e. The summed E-state index contributed by atoms with van der Waals surface area (Å²) in [6.45, 7) is 6.56. The lowest BCUT2D eigenvalue weighted by Crippen LogP contribution is -3.00. The Hall–Kier alpha value is -3.48. The molecule has 0 fully saturated rings. The summed E-state index contributed by atoms with van der Waals surface area (Å²) in [4.78, 5) is 12.0. The quantitative estimate of drug-likeness (QED) is 0.365. The number of anilines is 1. The number of fused-ring (bicyclic) bond motifs is 2. The van der Waals surface area contributed by atoms with Gasteiger partial charge in [-0.15, -0.1) is 0 Å². The van der Waals surface area contributed by atoms with E-state index in [1.807, 2.05) is 18.3 Å². The number of halogens is 1. The van der Waals surface area contributed by atoms with E-state index in [9.17, 15) is 0 Å². The number of ether oxygens (including phenoxy) is 1. The Kier molecular flexibility index (Phi) is 8.81. The van der Waals surface area contributed by atoms with Gasteiger partial charge in [0.1, 0.15) is 5.75 Å². The molecular weight excluding hydrogens is 560 g/mol. The first-order valence-electron chi connectivity index (χ1n) is 13.6. The number of benzene rings is 2. The molecule has 0 radical (unpaired) electrons. The van der Waals surface area contributed by atoms with Crippen LogP contribution in [0, 0.1) is 0 Å². The standard InChI is InChI=1S/C34H39N4O.BrH/c1-34(2)30-22-27(25-12-8-7-9-13-25)24-35-33(30)36-32(34)15-10-14-26-18-20-37(19-11-21-38(3,4)5)31-17-16-28(39-6)23-29(26)31;/h7-10,12-18,20,22-24H,11,19,21H2,1-6H3;1H/q+1;/p-1/b15-10+,26-14+;. The number of quaternary nitrogens is 1. The number of rotatable bonds is 8. The Morgan fingerprint density at radius 3 is 2.50 bits per heavy atom. The predicted molar refractivity (Wildman–Crippen MR) is 164 cm³/mol. The van der Waals surface area contributed by atoms with Gasteiger partial charge in [0.15, 0.2) is 5.82 Å². The number of hydrogen-bond donors (Lipinski definition) is 0. The van der Waals surface area contributed by atoms with Crippen molar-refractivity contribution in [2.24, 2.45) is 4.99 Å². The minimum atomic E-state index is -0.228. The van der Waals surface area contributed by atoms with Crippen LogP contribution in [0.15, 0.2) is 96.3 Å². The van der Waals surface area contributed by atoms with Crippen LogP contribution >= 0.6 is 0 Å². The monoisotopic (exact) mass is 598 g/mol. The maximum atomic E-state index is 5.56. The SMILES string of the molecule is COc1ccc2c(c1)/C(=C/C=C/C1=Nc3ncc(-c4ccccc4)cc3C1(C)C)C=CN2CCC[N+](C)(C)C.[Br-]. The van der Waals surface area contributed by atoms with Crippen molar-refractivity contribution >= 4 is 22.8 Å². The van der Waals surface area contributed by atoms with Gasteiger partial charge in [-0.1, -0.05) is 56.3 Å². The first-order valence-corrected chi connectivity index (χ1v) is 13.6. The molecule has 3 heterocycles. The zero-order valence-electron chi connectivity index (χ0n) is 24.4. The highest BCUT2D eigenvalue weighted by Gasteiger charge is 2.34. The Bertz CT molecular complexity index is 1480. The van der Waals surface area contributed by atoms with E-state index < -0.39 is 0 Å². The molecule has 2 aromatic carbocycles. The molecule has 5 nitrogen and oxygen atoms in total. The molecule has 3 aromatic rings. The van der Waals surface area contributed by atoms with Crippen LogP contribution in [0.3, 0.4) is 0 Å². The molecule has 5 rings (SSSR count). The minimum absolute atomic E-state index is 0. The molecule has 1 aromatic heterocycles. The summed E-state index contributed by atoms with van der Waals surface area (Å²) in [5.74, 6) is 1.67. The molecule has 208 valence electrons. The molecule has 0 atom stereocenters. The normalized spacial score (nSPS) is 16.5. The summed E-state index contributed by atoms with van der Waals surface area (Å²) in [7, 11) is 8.44. The topological polar surface area (TPSA) is 37.7 Å². The Balaban J connectivity index is 0.00000370. The van der Waals surface area contributed by atoms with Gasteiger partial charge < -0.3 is 31.1 Å². The first kappa shape index (κ1) is 29.5. The van der Waals surface area contributed by atoms with E-state index in [-0.39, 0.29) is 22.4 Å². The van der Waals surface area contributed by atoms with Crippen molar-refractivity contribution in [1.82, 2.24) is 4.98 Å². The zero-order valence-corrected chi connectivity index (χ0v) is 25.9. The Labute approximate surface area is 249 Å². The van der Waals surface area contributed by atoms with Gasteiger partial charge in [-0.25, -0.2) is 9.98 Å². The average Bonchev–Trinajstić information content (AvgIpc) is 3.18. The van der Waals surface area contributed by atoms with Crippen LogP contribution in [0.4, 0.5) is 11.5 Å². The second-order valence-corrected chi connectivity index (χ2v) is 11.8. The van der Waals surface area contributed by atoms with E-state index in [2.05, 4.69) is 113 Å². The highest BCUT2D eigenvalue weighted by atomic mass is 79.9. The van der Waals surface area contributed by atoms with Crippen LogP contribution in [-0.2, 0) is 5.41 Å². The molecule has 0 bridgehead atoms. The maximum absolute atomic E-state index is 5.56. The van der Waals surface area contributed by atoms with Crippen LogP contribution < -0.4 is 26.6 Å². The van der Waals surface area contributed by atoms with Crippen molar-refractivity contribution in [3.05, 3.63) is 102 Å². The van der Waals surface area contributed by atoms with Gasteiger partial charge in [0.25, 0.3) is 0 Å². The number of aliphatic imine (C=N–C) groups is 1. The van der Waals surface area contributed by atoms with E-state index in [0.29, 0.717) is 0 Å². The third-order valence-corrected chi connectivity index (χ3v) is 7.53. The molecule has 0 amide bonds. The number of allylic oxidation sites excluding steroid dienone is 5. The van der Waals surface area contributed by atoms with E-state index in [1.165, 1.54) is 16.8 Å². The molecule has 40 heavy (non-hydrogen) atoms. The Morgan fingerprint density at radius 2 is 1.77 bits per heavy atom. The van der Waals surface area contributed by atoms with Gasteiger partial charge in [0.2, 0.25) is 0 Å². The molecule has 6 heteroatoms. The number of hydrogen-bond acceptors (Lipinski definition) is 4. The van der Waals surface area contributed by atoms with Crippen molar-refractivity contribution in [3.8, 4) is 16.9 Å². The van der Waals surface area contributed by atoms with Crippen molar-refractivity contribution < 1.29 is 26.2 Å². The highest BCUT2D eigenvalue weighted by Crippen LogP contribution is 2.41. The van der Waals surface area contributed by atoms with E-state index in [1.54, 1.807) is 7.11 Å². The van der Waals surface area contributed by atoms with Crippen molar-refractivity contribution in [1.29, 1.82) is 0 Å². The van der Waals surface area contributed by atoms with E-state index >= 15 is 0 Å². The fourth-order valence-corrected chi connectivity index (χ4v) is 5.20. The second kappa shape index (κ2) is 11.9. The zero-order chi connectivity index (χ0) is 27.6. The molecule has 0 unspecified atom stereocenters. The van der Waals surface area contributed by atoms with Crippen molar-refractivity contribution in [2.75, 3.05) is 46.2 Å². The van der Waals surface area contributed by atoms with Crippen molar-refractivity contribution in [2.45, 2.75) is 25.7 Å². The third kappa shape index (κ3) is 6.29. The molecule has 0 spiro atoms. The summed E-state index contributed by atoms with van der Waals surface area (Å²) in [6, 6.07) is 19.0. The molecular formula is C34H39BrN4O. The third-order valence-electron chi connectivity index (χ3n) is 7.53. The molecule has 0 saturated carbocycles. The lowest BCUT2D eigenvalue weighted by molar-refractivity contribution is -0.870. The smallest absolute Gasteiger partial charge is 0.156 e. The minimum Gasteiger partial charge on any atom is -1.00 e. The highest BCUT2D eigenvalue weighted by molar-refractivity contribution is 6.08. The Morgan fingerprint density at radius 1 is 1.00 bits per heavy atom. The first-order chi connectivity index (χ1) is 18.7. The maximum Gasteiger partial charge on any atom is 0.156 e. The van der Waals surface area contributed by atoms with Crippen LogP contribution in [0.2, 0.25) is 0 Å². The number of nitrogens with zero attached hydrogens (tertiary/aromatic N) is 4. The van der Waals surface area contributed by atoms with Gasteiger partial charge in [0, 0.05) is 53.2 Å². The number of methoxy groups -OCH3 is 1. The molecule has 0 aliphatic carbocycles. The fourth-order valence-electron chi connectivity index (χ4n) is 5.20. The number of aromatic nitrogens is 1. The van der Waals surface area contributed by atoms with Crippen LogP contribution in [0.25, 0.3) is 16.7 Å². The fraction of sp³-hybridized carbons (Fsp3) is 0.294. The summed E-state index contributed by atoms with van der Waals surface area (Å²) < 4.78 is 6.53. The van der Waals surface area contributed by atoms with Gasteiger partial charge in [0.05, 0.1) is 40.5 Å². The van der Waals surface area contributed by atoms with E-state index in [4.69, 9.17) is 14.7 Å². The average molecular weight is 600 g/mol. The van der Waals surface area contributed by atoms with E-state index in [0.717, 1.165) is 58.0 Å². The van der Waals surface area contributed by atoms with Gasteiger partial charge >= 0.3 is 0 Å². The summed E-state index contributed by atoms with van der Waals surface area (Å²) in [5.41, 5.74) is 7.78. The molecule has 2 aliphatic heterocycles. The molecule has 0 N–H and O–H groups in total. The number of pyridine rings is 1. The van der Waals surface area contributed by atoms with Crippen LogP contribution in [-0.4, -0.2) is 56.5 Å². The summed E-state index contributed by atoms with van der Waals surface area (Å²) in [5, 5.41) is 0. The van der Waals surface area contributed by atoms with Crippen LogP contribution in [0.1, 0.15) is 31.4 Å². The second-order valence-electron chi connectivity index (χ2n) is 11.8. The molecule has 2 aliphatic rings.